The Balaban J connectivity index is 1.26. The Morgan fingerprint density at radius 1 is 0.926 bits per heavy atom. The van der Waals surface area contributed by atoms with E-state index < -0.39 is 0 Å². The molecule has 0 radical (unpaired) electrons. The van der Waals surface area contributed by atoms with E-state index in [4.69, 9.17) is 5.10 Å². The number of piperidine rings is 1. The fourth-order valence-electron chi connectivity index (χ4n) is 4.79. The molecule has 1 aliphatic heterocycles. The van der Waals surface area contributed by atoms with E-state index in [1.54, 1.807) is 0 Å². The molecular weight excluding hydrogens is 338 g/mol. The molecule has 3 aliphatic rings. The molecule has 2 saturated carbocycles. The lowest BCUT2D eigenvalue weighted by atomic mass is 9.82. The predicted octanol–water partition coefficient (Wildman–Crippen LogP) is 3.53. The predicted molar refractivity (Wildman–Crippen MR) is 102 cm³/mol. The lowest BCUT2D eigenvalue weighted by Crippen LogP contribution is -2.42. The topological polar surface area (TPSA) is 63.4 Å². The molecule has 6 heteroatoms. The molecule has 0 bridgehead atoms. The van der Waals surface area contributed by atoms with Crippen molar-refractivity contribution in [2.75, 3.05) is 13.1 Å². The summed E-state index contributed by atoms with van der Waals surface area (Å²) in [4.78, 5) is 15.0. The molecule has 144 valence electrons. The molecule has 27 heavy (non-hydrogen) atoms. The zero-order chi connectivity index (χ0) is 18.4. The summed E-state index contributed by atoms with van der Waals surface area (Å²) in [5, 5.41) is 13.6. The molecule has 3 fully saturated rings. The van der Waals surface area contributed by atoms with Crippen molar-refractivity contribution in [1.82, 2.24) is 24.7 Å². The van der Waals surface area contributed by atoms with Crippen molar-refractivity contribution in [3.05, 3.63) is 23.7 Å². The Morgan fingerprint density at radius 3 is 2.37 bits per heavy atom. The summed E-state index contributed by atoms with van der Waals surface area (Å²) >= 11 is 0. The van der Waals surface area contributed by atoms with Gasteiger partial charge in [-0.1, -0.05) is 6.92 Å². The van der Waals surface area contributed by atoms with Crippen LogP contribution in [-0.4, -0.2) is 43.7 Å². The normalized spacial score (nSPS) is 27.2. The zero-order valence-electron chi connectivity index (χ0n) is 16.2. The summed E-state index contributed by atoms with van der Waals surface area (Å²) in [5.74, 6) is 3.38. The van der Waals surface area contributed by atoms with Crippen LogP contribution in [0.25, 0.3) is 5.65 Å². The summed E-state index contributed by atoms with van der Waals surface area (Å²) in [6, 6.07) is 4.14. The second-order valence-electron chi connectivity index (χ2n) is 8.92. The minimum absolute atomic E-state index is 0.259. The second kappa shape index (κ2) is 6.88. The fraction of sp³-hybridized carbons (Fsp3) is 0.714. The fourth-order valence-corrected chi connectivity index (χ4v) is 4.79. The van der Waals surface area contributed by atoms with Crippen LogP contribution < -0.4 is 0 Å². The first kappa shape index (κ1) is 17.1. The van der Waals surface area contributed by atoms with Gasteiger partial charge >= 0.3 is 0 Å². The van der Waals surface area contributed by atoms with Crippen LogP contribution >= 0.6 is 0 Å². The molecule has 1 amide bonds. The van der Waals surface area contributed by atoms with Crippen molar-refractivity contribution >= 4 is 11.6 Å². The Hall–Kier alpha value is -1.98. The smallest absolute Gasteiger partial charge is 0.225 e. The van der Waals surface area contributed by atoms with E-state index in [0.29, 0.717) is 17.7 Å². The van der Waals surface area contributed by atoms with Crippen LogP contribution in [0.3, 0.4) is 0 Å². The summed E-state index contributed by atoms with van der Waals surface area (Å²) in [6.07, 6.45) is 8.97. The maximum Gasteiger partial charge on any atom is 0.225 e. The van der Waals surface area contributed by atoms with E-state index in [1.165, 1.54) is 31.4 Å². The maximum atomic E-state index is 12.9. The van der Waals surface area contributed by atoms with Crippen LogP contribution in [0.1, 0.15) is 81.6 Å². The third-order valence-corrected chi connectivity index (χ3v) is 6.84. The van der Waals surface area contributed by atoms with Crippen LogP contribution in [0.15, 0.2) is 12.1 Å². The largest absolute Gasteiger partial charge is 0.342 e. The maximum absolute atomic E-state index is 12.9. The van der Waals surface area contributed by atoms with E-state index in [1.807, 2.05) is 10.6 Å². The number of hydrogen-bond acceptors (Lipinski definition) is 4. The first-order valence-corrected chi connectivity index (χ1v) is 10.7. The first-order valence-electron chi connectivity index (χ1n) is 10.7. The summed E-state index contributed by atoms with van der Waals surface area (Å²) in [6.45, 7) is 3.98. The number of nitrogens with zero attached hydrogens (tertiary/aromatic N) is 5. The highest BCUT2D eigenvalue weighted by Gasteiger charge is 2.32. The Kier molecular flexibility index (Phi) is 4.37. The highest BCUT2D eigenvalue weighted by Crippen LogP contribution is 2.39. The number of rotatable bonds is 3. The monoisotopic (exact) mass is 367 g/mol. The Bertz CT molecular complexity index is 826. The van der Waals surface area contributed by atoms with Crippen LogP contribution in [0, 0.1) is 11.8 Å². The van der Waals surface area contributed by atoms with E-state index in [0.717, 1.165) is 56.2 Å². The number of hydrogen-bond donors (Lipinski definition) is 0. The van der Waals surface area contributed by atoms with Gasteiger partial charge in [0.15, 0.2) is 11.5 Å². The molecule has 1 saturated heterocycles. The number of carbonyl (C=O) groups is 1. The molecule has 2 aliphatic carbocycles. The number of amides is 1. The van der Waals surface area contributed by atoms with E-state index in [-0.39, 0.29) is 5.92 Å². The van der Waals surface area contributed by atoms with E-state index in [9.17, 15) is 4.79 Å². The summed E-state index contributed by atoms with van der Waals surface area (Å²) in [7, 11) is 0. The highest BCUT2D eigenvalue weighted by atomic mass is 16.2. The van der Waals surface area contributed by atoms with Crippen molar-refractivity contribution in [1.29, 1.82) is 0 Å². The molecule has 0 N–H and O–H groups in total. The molecule has 0 atom stereocenters. The molecule has 0 aromatic carbocycles. The standard InChI is InChI=1S/C21H29N5O/c1-14-2-4-17(5-3-14)21(27)25-12-10-16(11-13-25)20-23-22-19-9-8-18(15-6-7-15)24-26(19)20/h8-9,14-17H,2-7,10-13H2,1H3. The summed E-state index contributed by atoms with van der Waals surface area (Å²) < 4.78 is 1.96. The molecule has 3 heterocycles. The van der Waals surface area contributed by atoms with Gasteiger partial charge < -0.3 is 4.90 Å². The Morgan fingerprint density at radius 2 is 1.67 bits per heavy atom. The first-order chi connectivity index (χ1) is 13.2. The van der Waals surface area contributed by atoms with Gasteiger partial charge in [-0.3, -0.25) is 4.79 Å². The third-order valence-electron chi connectivity index (χ3n) is 6.84. The van der Waals surface area contributed by atoms with Crippen LogP contribution in [0.2, 0.25) is 0 Å². The van der Waals surface area contributed by atoms with Gasteiger partial charge in [-0.15, -0.1) is 10.2 Å². The molecule has 6 nitrogen and oxygen atoms in total. The number of likely N-dealkylation sites (tertiary alicyclic amines) is 1. The van der Waals surface area contributed by atoms with Gasteiger partial charge in [-0.2, -0.15) is 9.61 Å². The minimum Gasteiger partial charge on any atom is -0.342 e. The van der Waals surface area contributed by atoms with Crippen LogP contribution in [-0.2, 0) is 4.79 Å². The molecule has 0 spiro atoms. The average Bonchev–Trinajstić information content (AvgIpc) is 3.47. The third kappa shape index (κ3) is 3.34. The van der Waals surface area contributed by atoms with Gasteiger partial charge in [0.1, 0.15) is 0 Å². The van der Waals surface area contributed by atoms with Crippen molar-refractivity contribution in [3.8, 4) is 0 Å². The highest BCUT2D eigenvalue weighted by molar-refractivity contribution is 5.79. The lowest BCUT2D eigenvalue weighted by molar-refractivity contribution is -0.137. The van der Waals surface area contributed by atoms with Crippen molar-refractivity contribution in [2.45, 2.75) is 70.1 Å². The van der Waals surface area contributed by atoms with Gasteiger partial charge in [-0.05, 0) is 69.4 Å². The van der Waals surface area contributed by atoms with E-state index >= 15 is 0 Å². The Labute approximate surface area is 160 Å². The molecule has 2 aromatic heterocycles. The molecule has 0 unspecified atom stereocenters. The molecule has 2 aromatic rings. The minimum atomic E-state index is 0.259. The van der Waals surface area contributed by atoms with Crippen molar-refractivity contribution < 1.29 is 4.79 Å². The van der Waals surface area contributed by atoms with Crippen molar-refractivity contribution in [3.63, 3.8) is 0 Å². The number of aromatic nitrogens is 4. The van der Waals surface area contributed by atoms with Gasteiger partial charge in [0, 0.05) is 30.8 Å². The second-order valence-corrected chi connectivity index (χ2v) is 8.92. The average molecular weight is 367 g/mol. The van der Waals surface area contributed by atoms with E-state index in [2.05, 4.69) is 28.1 Å². The van der Waals surface area contributed by atoms with Crippen molar-refractivity contribution in [2.24, 2.45) is 11.8 Å². The quantitative estimate of drug-likeness (QED) is 0.832. The van der Waals surface area contributed by atoms with Crippen LogP contribution in [0.5, 0.6) is 0 Å². The zero-order valence-corrected chi connectivity index (χ0v) is 16.2. The molecular formula is C21H29N5O. The summed E-state index contributed by atoms with van der Waals surface area (Å²) in [5.41, 5.74) is 2.01. The van der Waals surface area contributed by atoms with Gasteiger partial charge in [0.25, 0.3) is 0 Å². The van der Waals surface area contributed by atoms with Gasteiger partial charge in [0.05, 0.1) is 5.69 Å². The SMILES string of the molecule is CC1CCC(C(=O)N2CCC(c3nnc4ccc(C5CC5)nn34)CC2)CC1. The lowest BCUT2D eigenvalue weighted by Gasteiger charge is -2.35. The van der Waals surface area contributed by atoms with Gasteiger partial charge in [-0.25, -0.2) is 0 Å². The van der Waals surface area contributed by atoms with Gasteiger partial charge in [0.2, 0.25) is 5.91 Å². The number of carbonyl (C=O) groups excluding carboxylic acids is 1. The van der Waals surface area contributed by atoms with Crippen LogP contribution in [0.4, 0.5) is 0 Å². The number of fused-ring (bicyclic) bond motifs is 1. The molecule has 5 rings (SSSR count).